The number of likely N-dealkylation sites (tertiary alicyclic amines) is 1. The second kappa shape index (κ2) is 8.96. The Kier molecular flexibility index (Phi) is 6.17. The fourth-order valence-electron chi connectivity index (χ4n) is 4.28. The molecule has 28 heavy (non-hydrogen) atoms. The van der Waals surface area contributed by atoms with E-state index in [2.05, 4.69) is 20.6 Å². The summed E-state index contributed by atoms with van der Waals surface area (Å²) in [6.07, 6.45) is 7.97. The van der Waals surface area contributed by atoms with E-state index in [0.29, 0.717) is 17.5 Å². The molecule has 1 aliphatic carbocycles. The number of carbonyl (C=O) groups is 1. The van der Waals surface area contributed by atoms with E-state index in [0.717, 1.165) is 44.5 Å². The summed E-state index contributed by atoms with van der Waals surface area (Å²) in [4.78, 5) is 14.9. The predicted molar refractivity (Wildman–Crippen MR) is 110 cm³/mol. The van der Waals surface area contributed by atoms with Crippen LogP contribution >= 0.6 is 12.2 Å². The molecule has 4 rings (SSSR count). The minimum atomic E-state index is -0.0171. The van der Waals surface area contributed by atoms with Crippen molar-refractivity contribution in [1.29, 1.82) is 0 Å². The van der Waals surface area contributed by atoms with Gasteiger partial charge in [0.25, 0.3) is 0 Å². The van der Waals surface area contributed by atoms with Crippen molar-refractivity contribution in [3.63, 3.8) is 0 Å². The summed E-state index contributed by atoms with van der Waals surface area (Å²) >= 11 is 5.64. The van der Waals surface area contributed by atoms with Gasteiger partial charge in [0.05, 0.1) is 18.6 Å². The number of rotatable bonds is 5. The number of hydrogen-bond acceptors (Lipinski definition) is 5. The Labute approximate surface area is 170 Å². The van der Waals surface area contributed by atoms with Crippen molar-refractivity contribution in [2.75, 3.05) is 18.4 Å². The Morgan fingerprint density at radius 2 is 1.86 bits per heavy atom. The van der Waals surface area contributed by atoms with Crippen LogP contribution in [0, 0.1) is 10.7 Å². The van der Waals surface area contributed by atoms with E-state index in [1.165, 1.54) is 19.3 Å². The van der Waals surface area contributed by atoms with Crippen LogP contribution in [0.4, 0.5) is 5.69 Å². The normalized spacial score (nSPS) is 21.5. The lowest BCUT2D eigenvalue weighted by Gasteiger charge is -2.31. The predicted octanol–water partition coefficient (Wildman–Crippen LogP) is 3.62. The minimum Gasteiger partial charge on any atom is -0.326 e. The van der Waals surface area contributed by atoms with E-state index in [-0.39, 0.29) is 11.8 Å². The van der Waals surface area contributed by atoms with Gasteiger partial charge >= 0.3 is 0 Å². The molecule has 1 N–H and O–H groups in total. The average molecular weight is 401 g/mol. The summed E-state index contributed by atoms with van der Waals surface area (Å²) in [5.41, 5.74) is 0.849. The molecule has 0 bridgehead atoms. The molecule has 8 heteroatoms. The van der Waals surface area contributed by atoms with Crippen molar-refractivity contribution in [2.24, 2.45) is 5.92 Å². The van der Waals surface area contributed by atoms with Crippen LogP contribution in [-0.4, -0.2) is 43.7 Å². The number of para-hydroxylation sites is 1. The zero-order valence-corrected chi connectivity index (χ0v) is 17.0. The summed E-state index contributed by atoms with van der Waals surface area (Å²) in [5, 5.41) is 11.7. The highest BCUT2D eigenvalue weighted by Crippen LogP contribution is 2.27. The van der Waals surface area contributed by atoms with Gasteiger partial charge in [-0.25, -0.2) is 9.36 Å². The zero-order chi connectivity index (χ0) is 19.3. The third-order valence-electron chi connectivity index (χ3n) is 5.83. The van der Waals surface area contributed by atoms with E-state index < -0.39 is 0 Å². The van der Waals surface area contributed by atoms with Crippen molar-refractivity contribution in [1.82, 2.24) is 24.7 Å². The van der Waals surface area contributed by atoms with Gasteiger partial charge in [0.1, 0.15) is 0 Å². The van der Waals surface area contributed by atoms with Gasteiger partial charge in [-0.2, -0.15) is 0 Å². The maximum atomic E-state index is 12.6. The van der Waals surface area contributed by atoms with Gasteiger partial charge in [0.15, 0.2) is 0 Å². The van der Waals surface area contributed by atoms with Crippen molar-refractivity contribution in [2.45, 2.75) is 57.7 Å². The summed E-state index contributed by atoms with van der Waals surface area (Å²) < 4.78 is 4.43. The van der Waals surface area contributed by atoms with Crippen LogP contribution in [0.3, 0.4) is 0 Å². The summed E-state index contributed by atoms with van der Waals surface area (Å²) in [5.74, 6) is 0.0712. The smallest absolute Gasteiger partial charge is 0.228 e. The number of nitrogens with one attached hydrogen (secondary N) is 1. The Morgan fingerprint density at radius 3 is 2.64 bits per heavy atom. The molecule has 1 aromatic carbocycles. The van der Waals surface area contributed by atoms with Crippen LogP contribution in [0.5, 0.6) is 0 Å². The third-order valence-corrected chi connectivity index (χ3v) is 6.23. The molecule has 1 saturated carbocycles. The Bertz CT molecular complexity index is 842. The Morgan fingerprint density at radius 1 is 1.07 bits per heavy atom. The lowest BCUT2D eigenvalue weighted by Crippen LogP contribution is -2.41. The number of anilines is 1. The van der Waals surface area contributed by atoms with Crippen molar-refractivity contribution >= 4 is 23.8 Å². The lowest BCUT2D eigenvalue weighted by atomic mass is 9.96. The van der Waals surface area contributed by atoms with Gasteiger partial charge in [-0.3, -0.25) is 9.69 Å². The Hall–Kier alpha value is -2.06. The first-order chi connectivity index (χ1) is 13.7. The van der Waals surface area contributed by atoms with Crippen molar-refractivity contribution < 1.29 is 4.79 Å². The molecule has 1 saturated heterocycles. The first-order valence-electron chi connectivity index (χ1n) is 10.3. The quantitative estimate of drug-likeness (QED) is 0.777. The molecule has 1 aromatic heterocycles. The van der Waals surface area contributed by atoms with E-state index in [1.807, 2.05) is 35.0 Å². The maximum Gasteiger partial charge on any atom is 0.228 e. The van der Waals surface area contributed by atoms with Gasteiger partial charge in [-0.05, 0) is 67.0 Å². The van der Waals surface area contributed by atoms with Gasteiger partial charge in [0.2, 0.25) is 10.7 Å². The van der Waals surface area contributed by atoms with Crippen LogP contribution in [0.1, 0.15) is 51.0 Å². The number of nitrogens with zero attached hydrogens (tertiary/aromatic N) is 5. The molecule has 2 fully saturated rings. The van der Waals surface area contributed by atoms with Gasteiger partial charge < -0.3 is 5.32 Å². The molecular weight excluding hydrogens is 372 g/mol. The third kappa shape index (κ3) is 4.50. The van der Waals surface area contributed by atoms with Crippen LogP contribution in [0.15, 0.2) is 30.3 Å². The lowest BCUT2D eigenvalue weighted by molar-refractivity contribution is -0.121. The number of aromatic nitrogens is 4. The number of tetrazole rings is 1. The number of benzene rings is 1. The summed E-state index contributed by atoms with van der Waals surface area (Å²) in [6.45, 7) is 2.27. The van der Waals surface area contributed by atoms with Gasteiger partial charge in [0, 0.05) is 12.2 Å². The van der Waals surface area contributed by atoms with E-state index in [4.69, 9.17) is 12.2 Å². The van der Waals surface area contributed by atoms with Crippen LogP contribution in [0.2, 0.25) is 0 Å². The molecule has 150 valence electrons. The van der Waals surface area contributed by atoms with Crippen molar-refractivity contribution in [3.05, 3.63) is 35.1 Å². The first kappa shape index (κ1) is 19.3. The second-order valence-electron chi connectivity index (χ2n) is 7.91. The van der Waals surface area contributed by atoms with E-state index in [9.17, 15) is 4.79 Å². The molecule has 1 atom stereocenters. The molecule has 0 radical (unpaired) electrons. The maximum absolute atomic E-state index is 12.6. The molecule has 7 nitrogen and oxygen atoms in total. The SMILES string of the molecule is O=C(Nc1ccccc1)C1CCCN(Cn2nnn(C3CCCCC3)c2=S)C1. The topological polar surface area (TPSA) is 68.0 Å². The first-order valence-corrected chi connectivity index (χ1v) is 10.7. The fraction of sp³-hybridized carbons (Fsp3) is 0.600. The molecule has 1 unspecified atom stereocenters. The fourth-order valence-corrected chi connectivity index (χ4v) is 4.56. The Balaban J connectivity index is 1.37. The number of hydrogen-bond donors (Lipinski definition) is 1. The molecule has 1 amide bonds. The highest BCUT2D eigenvalue weighted by atomic mass is 32.1. The number of carbonyl (C=O) groups excluding carboxylic acids is 1. The molecule has 1 aliphatic heterocycles. The summed E-state index contributed by atoms with van der Waals surface area (Å²) in [6, 6.07) is 10.0. The second-order valence-corrected chi connectivity index (χ2v) is 8.28. The molecule has 2 heterocycles. The molecule has 0 spiro atoms. The van der Waals surface area contributed by atoms with Crippen LogP contribution in [0.25, 0.3) is 0 Å². The highest BCUT2D eigenvalue weighted by molar-refractivity contribution is 7.71. The van der Waals surface area contributed by atoms with Crippen LogP contribution in [-0.2, 0) is 11.5 Å². The zero-order valence-electron chi connectivity index (χ0n) is 16.2. The van der Waals surface area contributed by atoms with E-state index in [1.54, 1.807) is 4.68 Å². The van der Waals surface area contributed by atoms with E-state index >= 15 is 0 Å². The average Bonchev–Trinajstić information content (AvgIpc) is 3.10. The van der Waals surface area contributed by atoms with Crippen molar-refractivity contribution in [3.8, 4) is 0 Å². The van der Waals surface area contributed by atoms with Crippen LogP contribution < -0.4 is 5.32 Å². The standard InChI is InChI=1S/C20H28N6OS/c27-19(21-17-9-3-1-4-10-17)16-8-7-13-24(14-16)15-25-20(28)26(23-22-25)18-11-5-2-6-12-18/h1,3-4,9-10,16,18H,2,5-8,11-15H2,(H,21,27). The molecular formula is C20H28N6OS. The minimum absolute atomic E-state index is 0.0171. The highest BCUT2D eigenvalue weighted by Gasteiger charge is 2.27. The number of piperidine rings is 1. The molecule has 2 aromatic rings. The van der Waals surface area contributed by atoms with Gasteiger partial charge in [-0.15, -0.1) is 0 Å². The summed E-state index contributed by atoms with van der Waals surface area (Å²) in [7, 11) is 0. The van der Waals surface area contributed by atoms with Gasteiger partial charge in [-0.1, -0.05) is 37.5 Å². The molecule has 2 aliphatic rings. The number of amides is 1. The monoisotopic (exact) mass is 400 g/mol. The largest absolute Gasteiger partial charge is 0.326 e.